The molecule has 2 unspecified atom stereocenters. The second-order valence-electron chi connectivity index (χ2n) is 4.51. The van der Waals surface area contributed by atoms with Crippen LogP contribution in [0.15, 0.2) is 24.3 Å². The van der Waals surface area contributed by atoms with Gasteiger partial charge in [-0.3, -0.25) is 4.79 Å². The zero-order chi connectivity index (χ0) is 13.1. The van der Waals surface area contributed by atoms with Crippen molar-refractivity contribution in [2.45, 2.75) is 19.9 Å². The zero-order valence-electron chi connectivity index (χ0n) is 10.6. The Morgan fingerprint density at radius 1 is 1.44 bits per heavy atom. The molecule has 2 atom stereocenters. The molecule has 1 aromatic carbocycles. The molecule has 2 rings (SSSR count). The Labute approximate surface area is 106 Å². The number of para-hydroxylation sites is 2. The Hall–Kier alpha value is -1.88. The fourth-order valence-corrected chi connectivity index (χ4v) is 1.71. The zero-order valence-corrected chi connectivity index (χ0v) is 10.6. The van der Waals surface area contributed by atoms with E-state index in [0.29, 0.717) is 6.54 Å². The Bertz CT molecular complexity index is 516. The number of rotatable bonds is 4. The lowest BCUT2D eigenvalue weighted by molar-refractivity contribution is -0.124. The van der Waals surface area contributed by atoms with E-state index in [9.17, 15) is 4.79 Å². The van der Waals surface area contributed by atoms with E-state index in [1.165, 1.54) is 0 Å². The van der Waals surface area contributed by atoms with Gasteiger partial charge in [0.15, 0.2) is 0 Å². The summed E-state index contributed by atoms with van der Waals surface area (Å²) in [4.78, 5) is 19.4. The summed E-state index contributed by atoms with van der Waals surface area (Å²) in [7, 11) is 0. The van der Waals surface area contributed by atoms with Gasteiger partial charge in [-0.25, -0.2) is 4.98 Å². The summed E-state index contributed by atoms with van der Waals surface area (Å²) in [5.74, 6) is 0.524. The summed E-state index contributed by atoms with van der Waals surface area (Å²) < 4.78 is 0. The Morgan fingerprint density at radius 3 is 2.83 bits per heavy atom. The van der Waals surface area contributed by atoms with Crippen LogP contribution >= 0.6 is 0 Å². The summed E-state index contributed by atoms with van der Waals surface area (Å²) in [6.07, 6.45) is 0. The molecule has 2 aromatic rings. The van der Waals surface area contributed by atoms with Gasteiger partial charge in [-0.1, -0.05) is 19.1 Å². The number of aromatic nitrogens is 2. The SMILES string of the molecule is CC(CN)C(=O)NC(C)c1nc2ccccc2[nH]1. The maximum Gasteiger partial charge on any atom is 0.224 e. The van der Waals surface area contributed by atoms with Crippen molar-refractivity contribution in [2.24, 2.45) is 11.7 Å². The van der Waals surface area contributed by atoms with Crippen molar-refractivity contribution < 1.29 is 4.79 Å². The van der Waals surface area contributed by atoms with Crippen LogP contribution in [-0.2, 0) is 4.79 Å². The van der Waals surface area contributed by atoms with Crippen molar-refractivity contribution >= 4 is 16.9 Å². The highest BCUT2D eigenvalue weighted by molar-refractivity contribution is 5.79. The summed E-state index contributed by atoms with van der Waals surface area (Å²) in [6.45, 7) is 4.05. The molecule has 0 radical (unpaired) electrons. The van der Waals surface area contributed by atoms with Gasteiger partial charge < -0.3 is 16.0 Å². The van der Waals surface area contributed by atoms with Gasteiger partial charge >= 0.3 is 0 Å². The monoisotopic (exact) mass is 246 g/mol. The van der Waals surface area contributed by atoms with Crippen molar-refractivity contribution in [3.8, 4) is 0 Å². The third-order valence-corrected chi connectivity index (χ3v) is 2.98. The fraction of sp³-hybridized carbons (Fsp3) is 0.385. The van der Waals surface area contributed by atoms with E-state index >= 15 is 0 Å². The van der Waals surface area contributed by atoms with Crippen LogP contribution in [0.2, 0.25) is 0 Å². The predicted octanol–water partition coefficient (Wildman–Crippen LogP) is 1.33. The third-order valence-electron chi connectivity index (χ3n) is 2.98. The van der Waals surface area contributed by atoms with Crippen LogP contribution in [0, 0.1) is 5.92 Å². The second kappa shape index (κ2) is 5.18. The van der Waals surface area contributed by atoms with Crippen LogP contribution < -0.4 is 11.1 Å². The van der Waals surface area contributed by atoms with Gasteiger partial charge in [-0.15, -0.1) is 0 Å². The lowest BCUT2D eigenvalue weighted by Crippen LogP contribution is -2.35. The molecule has 18 heavy (non-hydrogen) atoms. The first-order chi connectivity index (χ1) is 8.61. The van der Waals surface area contributed by atoms with E-state index in [4.69, 9.17) is 5.73 Å². The van der Waals surface area contributed by atoms with Gasteiger partial charge in [0.05, 0.1) is 17.1 Å². The minimum absolute atomic E-state index is 0.0505. The Kier molecular flexibility index (Phi) is 3.62. The summed E-state index contributed by atoms with van der Waals surface area (Å²) in [5.41, 5.74) is 7.34. The standard InChI is InChI=1S/C13H18N4O/c1-8(7-14)13(18)15-9(2)12-16-10-5-3-4-6-11(10)17-12/h3-6,8-9H,7,14H2,1-2H3,(H,15,18)(H,16,17). The first-order valence-corrected chi connectivity index (χ1v) is 6.07. The number of carbonyl (C=O) groups excluding carboxylic acids is 1. The second-order valence-corrected chi connectivity index (χ2v) is 4.51. The molecule has 0 spiro atoms. The van der Waals surface area contributed by atoms with Crippen LogP contribution in [0.5, 0.6) is 0 Å². The molecule has 0 fully saturated rings. The van der Waals surface area contributed by atoms with E-state index in [1.807, 2.05) is 31.2 Å². The first kappa shape index (κ1) is 12.6. The van der Waals surface area contributed by atoms with Crippen molar-refractivity contribution in [1.29, 1.82) is 0 Å². The number of nitrogens with one attached hydrogen (secondary N) is 2. The van der Waals surface area contributed by atoms with E-state index in [0.717, 1.165) is 16.9 Å². The number of nitrogens with two attached hydrogens (primary N) is 1. The number of fused-ring (bicyclic) bond motifs is 1. The van der Waals surface area contributed by atoms with Crippen molar-refractivity contribution in [1.82, 2.24) is 15.3 Å². The number of carbonyl (C=O) groups is 1. The summed E-state index contributed by atoms with van der Waals surface area (Å²) >= 11 is 0. The molecule has 1 amide bonds. The molecule has 0 aliphatic rings. The predicted molar refractivity (Wildman–Crippen MR) is 70.9 cm³/mol. The van der Waals surface area contributed by atoms with E-state index in [-0.39, 0.29) is 17.9 Å². The van der Waals surface area contributed by atoms with Gasteiger partial charge in [0, 0.05) is 12.5 Å². The number of nitrogens with zero attached hydrogens (tertiary/aromatic N) is 1. The molecule has 96 valence electrons. The largest absolute Gasteiger partial charge is 0.346 e. The van der Waals surface area contributed by atoms with Crippen LogP contribution in [0.3, 0.4) is 0 Å². The maximum absolute atomic E-state index is 11.7. The van der Waals surface area contributed by atoms with E-state index < -0.39 is 0 Å². The molecule has 1 heterocycles. The molecule has 1 aromatic heterocycles. The van der Waals surface area contributed by atoms with Crippen molar-refractivity contribution in [3.05, 3.63) is 30.1 Å². The lowest BCUT2D eigenvalue weighted by atomic mass is 10.1. The normalized spacial score (nSPS) is 14.4. The highest BCUT2D eigenvalue weighted by atomic mass is 16.1. The number of H-pyrrole nitrogens is 1. The smallest absolute Gasteiger partial charge is 0.224 e. The minimum atomic E-state index is -0.183. The van der Waals surface area contributed by atoms with Gasteiger partial charge in [-0.05, 0) is 19.1 Å². The number of aromatic amines is 1. The van der Waals surface area contributed by atoms with Gasteiger partial charge in [0.2, 0.25) is 5.91 Å². The van der Waals surface area contributed by atoms with Crippen LogP contribution in [0.4, 0.5) is 0 Å². The van der Waals surface area contributed by atoms with E-state index in [1.54, 1.807) is 6.92 Å². The Balaban J connectivity index is 2.13. The molecule has 0 saturated carbocycles. The van der Waals surface area contributed by atoms with Gasteiger partial charge in [-0.2, -0.15) is 0 Å². The summed E-state index contributed by atoms with van der Waals surface area (Å²) in [5, 5.41) is 2.90. The highest BCUT2D eigenvalue weighted by Gasteiger charge is 2.16. The minimum Gasteiger partial charge on any atom is -0.346 e. The molecular formula is C13H18N4O. The molecule has 4 N–H and O–H groups in total. The Morgan fingerprint density at radius 2 is 2.17 bits per heavy atom. The third kappa shape index (κ3) is 2.51. The van der Waals surface area contributed by atoms with Gasteiger partial charge in [0.25, 0.3) is 0 Å². The van der Waals surface area contributed by atoms with Crippen LogP contribution in [0.1, 0.15) is 25.7 Å². The molecule has 5 heteroatoms. The van der Waals surface area contributed by atoms with Crippen molar-refractivity contribution in [3.63, 3.8) is 0 Å². The average molecular weight is 246 g/mol. The number of imidazole rings is 1. The number of hydrogen-bond donors (Lipinski definition) is 3. The molecule has 0 bridgehead atoms. The number of hydrogen-bond acceptors (Lipinski definition) is 3. The highest BCUT2D eigenvalue weighted by Crippen LogP contribution is 2.15. The molecule has 0 aliphatic carbocycles. The maximum atomic E-state index is 11.7. The molecular weight excluding hydrogens is 228 g/mol. The van der Waals surface area contributed by atoms with Crippen LogP contribution in [-0.4, -0.2) is 22.4 Å². The quantitative estimate of drug-likeness (QED) is 0.761. The molecule has 0 aliphatic heterocycles. The average Bonchev–Trinajstić information content (AvgIpc) is 2.81. The number of amides is 1. The van der Waals surface area contributed by atoms with Crippen LogP contribution in [0.25, 0.3) is 11.0 Å². The number of benzene rings is 1. The molecule has 5 nitrogen and oxygen atoms in total. The molecule has 0 saturated heterocycles. The fourth-order valence-electron chi connectivity index (χ4n) is 1.71. The van der Waals surface area contributed by atoms with Crippen molar-refractivity contribution in [2.75, 3.05) is 6.54 Å². The van der Waals surface area contributed by atoms with E-state index in [2.05, 4.69) is 15.3 Å². The lowest BCUT2D eigenvalue weighted by Gasteiger charge is -2.14. The van der Waals surface area contributed by atoms with Gasteiger partial charge in [0.1, 0.15) is 5.82 Å². The summed E-state index contributed by atoms with van der Waals surface area (Å²) in [6, 6.07) is 7.63. The first-order valence-electron chi connectivity index (χ1n) is 6.07. The topological polar surface area (TPSA) is 83.8 Å².